The van der Waals surface area contributed by atoms with Crippen LogP contribution in [-0.4, -0.2) is 24.6 Å². The molecule has 0 aliphatic heterocycles. The molecule has 2 aromatic rings. The highest BCUT2D eigenvalue weighted by Gasteiger charge is 2.05. The Hall–Kier alpha value is -1.79. The molecule has 100 valence electrons. The molecule has 0 aliphatic rings. The van der Waals surface area contributed by atoms with Crippen molar-refractivity contribution in [1.82, 2.24) is 10.3 Å². The fourth-order valence-electron chi connectivity index (χ4n) is 1.48. The van der Waals surface area contributed by atoms with E-state index in [0.29, 0.717) is 6.54 Å². The molecular formula is C13H13FN2O2S. The molecule has 0 radical (unpaired) electrons. The van der Waals surface area contributed by atoms with Crippen molar-refractivity contribution in [2.45, 2.75) is 6.54 Å². The monoisotopic (exact) mass is 280 g/mol. The molecule has 1 heterocycles. The first kappa shape index (κ1) is 13.6. The van der Waals surface area contributed by atoms with E-state index in [9.17, 15) is 9.18 Å². The van der Waals surface area contributed by atoms with Crippen LogP contribution in [-0.2, 0) is 16.1 Å². The summed E-state index contributed by atoms with van der Waals surface area (Å²) in [4.78, 5) is 15.3. The lowest BCUT2D eigenvalue weighted by atomic mass is 10.2. The average Bonchev–Trinajstić information content (AvgIpc) is 2.88. The molecule has 1 aromatic heterocycles. The second-order valence-corrected chi connectivity index (χ2v) is 4.69. The Bertz CT molecular complexity index is 554. The van der Waals surface area contributed by atoms with Gasteiger partial charge in [0.25, 0.3) is 0 Å². The third kappa shape index (κ3) is 3.84. The number of nitrogens with one attached hydrogen (secondary N) is 1. The van der Waals surface area contributed by atoms with Crippen LogP contribution >= 0.6 is 11.3 Å². The van der Waals surface area contributed by atoms with E-state index in [2.05, 4.69) is 15.0 Å². The van der Waals surface area contributed by atoms with E-state index in [1.165, 1.54) is 30.6 Å². The summed E-state index contributed by atoms with van der Waals surface area (Å²) in [6, 6.07) is 6.21. The van der Waals surface area contributed by atoms with E-state index in [4.69, 9.17) is 0 Å². The van der Waals surface area contributed by atoms with E-state index >= 15 is 0 Å². The highest BCUT2D eigenvalue weighted by molar-refractivity contribution is 7.13. The molecule has 0 aliphatic carbocycles. The van der Waals surface area contributed by atoms with Crippen molar-refractivity contribution < 1.29 is 13.9 Å². The summed E-state index contributed by atoms with van der Waals surface area (Å²) >= 11 is 1.48. The molecule has 4 nitrogen and oxygen atoms in total. The minimum Gasteiger partial charge on any atom is -0.468 e. The summed E-state index contributed by atoms with van der Waals surface area (Å²) in [5, 5.41) is 5.67. The van der Waals surface area contributed by atoms with Gasteiger partial charge in [-0.3, -0.25) is 4.79 Å². The van der Waals surface area contributed by atoms with Gasteiger partial charge in [0, 0.05) is 17.5 Å². The van der Waals surface area contributed by atoms with Crippen molar-refractivity contribution in [1.29, 1.82) is 0 Å². The van der Waals surface area contributed by atoms with Crippen molar-refractivity contribution in [3.8, 4) is 10.6 Å². The zero-order chi connectivity index (χ0) is 13.7. The number of nitrogens with zero attached hydrogens (tertiary/aromatic N) is 1. The highest BCUT2D eigenvalue weighted by Crippen LogP contribution is 2.23. The topological polar surface area (TPSA) is 51.2 Å². The summed E-state index contributed by atoms with van der Waals surface area (Å²) in [6.45, 7) is 0.646. The van der Waals surface area contributed by atoms with E-state index in [-0.39, 0.29) is 18.3 Å². The second-order valence-electron chi connectivity index (χ2n) is 3.83. The minimum atomic E-state index is -0.311. The molecule has 0 fully saturated rings. The number of esters is 1. The number of ether oxygens (including phenoxy) is 1. The van der Waals surface area contributed by atoms with Crippen LogP contribution in [0.15, 0.2) is 29.6 Å². The Labute approximate surface area is 114 Å². The Balaban J connectivity index is 1.95. The molecular weight excluding hydrogens is 267 g/mol. The summed E-state index contributed by atoms with van der Waals surface area (Å²) in [5.74, 6) is -0.575. The van der Waals surface area contributed by atoms with Gasteiger partial charge in [-0.05, 0) is 24.3 Å². The first-order valence-corrected chi connectivity index (χ1v) is 6.55. The number of carbonyl (C=O) groups is 1. The maximum Gasteiger partial charge on any atom is 0.319 e. The van der Waals surface area contributed by atoms with Gasteiger partial charge in [-0.15, -0.1) is 11.3 Å². The smallest absolute Gasteiger partial charge is 0.319 e. The molecule has 0 atom stereocenters. The first-order valence-electron chi connectivity index (χ1n) is 5.67. The predicted octanol–water partition coefficient (Wildman–Crippen LogP) is 2.21. The van der Waals surface area contributed by atoms with Crippen LogP contribution in [0.25, 0.3) is 10.6 Å². The van der Waals surface area contributed by atoms with Gasteiger partial charge >= 0.3 is 5.97 Å². The van der Waals surface area contributed by atoms with E-state index in [1.807, 2.05) is 5.38 Å². The quantitative estimate of drug-likeness (QED) is 0.853. The molecule has 1 aromatic carbocycles. The molecule has 0 spiro atoms. The molecule has 0 bridgehead atoms. The molecule has 1 N–H and O–H groups in total. The molecule has 0 amide bonds. The number of rotatable bonds is 5. The van der Waals surface area contributed by atoms with E-state index in [1.54, 1.807) is 12.1 Å². The lowest BCUT2D eigenvalue weighted by molar-refractivity contribution is -0.139. The normalized spacial score (nSPS) is 10.4. The predicted molar refractivity (Wildman–Crippen MR) is 71.2 cm³/mol. The fourth-order valence-corrected chi connectivity index (χ4v) is 2.30. The van der Waals surface area contributed by atoms with Gasteiger partial charge in [0.1, 0.15) is 10.8 Å². The van der Waals surface area contributed by atoms with Crippen molar-refractivity contribution in [2.75, 3.05) is 13.7 Å². The summed E-state index contributed by atoms with van der Waals surface area (Å²) in [5.41, 5.74) is 1.72. The Kier molecular flexibility index (Phi) is 4.59. The number of halogens is 1. The van der Waals surface area contributed by atoms with Crippen molar-refractivity contribution >= 4 is 17.3 Å². The zero-order valence-electron chi connectivity index (χ0n) is 10.4. The van der Waals surface area contributed by atoms with Gasteiger partial charge < -0.3 is 10.1 Å². The third-order valence-electron chi connectivity index (χ3n) is 2.45. The lowest BCUT2D eigenvalue weighted by Crippen LogP contribution is -2.23. The highest BCUT2D eigenvalue weighted by atomic mass is 32.1. The van der Waals surface area contributed by atoms with Crippen LogP contribution in [0.3, 0.4) is 0 Å². The van der Waals surface area contributed by atoms with Gasteiger partial charge in [-0.25, -0.2) is 9.37 Å². The number of methoxy groups -OCH3 is 1. The van der Waals surface area contributed by atoms with Crippen LogP contribution in [0.2, 0.25) is 0 Å². The number of hydrogen-bond acceptors (Lipinski definition) is 5. The van der Waals surface area contributed by atoms with Crippen LogP contribution in [0.4, 0.5) is 4.39 Å². The first-order chi connectivity index (χ1) is 9.19. The van der Waals surface area contributed by atoms with Crippen LogP contribution < -0.4 is 5.32 Å². The molecule has 0 saturated carbocycles. The maximum absolute atomic E-state index is 12.8. The van der Waals surface area contributed by atoms with Gasteiger partial charge in [-0.2, -0.15) is 0 Å². The average molecular weight is 280 g/mol. The number of aromatic nitrogens is 1. The summed E-state index contributed by atoms with van der Waals surface area (Å²) in [6.07, 6.45) is 0. The van der Waals surface area contributed by atoms with Crippen LogP contribution in [0.5, 0.6) is 0 Å². The minimum absolute atomic E-state index is 0.153. The van der Waals surface area contributed by atoms with Crippen molar-refractivity contribution in [2.24, 2.45) is 0 Å². The van der Waals surface area contributed by atoms with E-state index in [0.717, 1.165) is 16.3 Å². The molecule has 6 heteroatoms. The largest absolute Gasteiger partial charge is 0.468 e. The van der Waals surface area contributed by atoms with Crippen molar-refractivity contribution in [3.05, 3.63) is 41.2 Å². The zero-order valence-corrected chi connectivity index (χ0v) is 11.2. The molecule has 19 heavy (non-hydrogen) atoms. The molecule has 0 saturated heterocycles. The van der Waals surface area contributed by atoms with Gasteiger partial charge in [0.2, 0.25) is 0 Å². The van der Waals surface area contributed by atoms with Crippen molar-refractivity contribution in [3.63, 3.8) is 0 Å². The summed E-state index contributed by atoms with van der Waals surface area (Å²) < 4.78 is 17.3. The Morgan fingerprint density at radius 2 is 2.16 bits per heavy atom. The number of benzene rings is 1. The fraction of sp³-hybridized carbons (Fsp3) is 0.231. The second kappa shape index (κ2) is 6.40. The third-order valence-corrected chi connectivity index (χ3v) is 3.39. The Morgan fingerprint density at radius 1 is 1.42 bits per heavy atom. The SMILES string of the molecule is COC(=O)CNCc1csc(-c2ccc(F)cc2)n1. The Morgan fingerprint density at radius 3 is 2.84 bits per heavy atom. The lowest BCUT2D eigenvalue weighted by Gasteiger charge is -2.00. The standard InChI is InChI=1S/C13H13FN2O2S/c1-18-12(17)7-15-6-11-8-19-13(16-11)9-2-4-10(14)5-3-9/h2-5,8,15H,6-7H2,1H3. The van der Waals surface area contributed by atoms with Crippen LogP contribution in [0, 0.1) is 5.82 Å². The van der Waals surface area contributed by atoms with E-state index < -0.39 is 0 Å². The number of carbonyl (C=O) groups excluding carboxylic acids is 1. The maximum atomic E-state index is 12.8. The molecule has 2 rings (SSSR count). The van der Waals surface area contributed by atoms with Gasteiger partial charge in [0.05, 0.1) is 19.3 Å². The molecule has 0 unspecified atom stereocenters. The number of thiazole rings is 1. The van der Waals surface area contributed by atoms with Gasteiger partial charge in [0.15, 0.2) is 0 Å². The van der Waals surface area contributed by atoms with Crippen LogP contribution in [0.1, 0.15) is 5.69 Å². The summed E-state index contributed by atoms with van der Waals surface area (Å²) in [7, 11) is 1.35. The van der Waals surface area contributed by atoms with Gasteiger partial charge in [-0.1, -0.05) is 0 Å². The number of hydrogen-bond donors (Lipinski definition) is 1.